The average molecular weight is 353 g/mol. The Labute approximate surface area is 155 Å². The minimum Gasteiger partial charge on any atom is -0.487 e. The summed E-state index contributed by atoms with van der Waals surface area (Å²) in [5.74, 6) is 1.41. The number of aryl methyl sites for hydroxylation is 2. The minimum absolute atomic E-state index is 0.0924. The molecule has 0 radical (unpaired) electrons. The fourth-order valence-corrected chi connectivity index (χ4v) is 3.27. The van der Waals surface area contributed by atoms with Crippen molar-refractivity contribution in [3.8, 4) is 11.5 Å². The van der Waals surface area contributed by atoms with E-state index in [-0.39, 0.29) is 17.6 Å². The summed E-state index contributed by atoms with van der Waals surface area (Å²) in [4.78, 5) is 12.7. The second-order valence-corrected chi connectivity index (χ2v) is 7.74. The summed E-state index contributed by atoms with van der Waals surface area (Å²) in [6, 6.07) is 13.7. The van der Waals surface area contributed by atoms with Gasteiger partial charge in [-0.3, -0.25) is 4.79 Å². The predicted molar refractivity (Wildman–Crippen MR) is 103 cm³/mol. The molecule has 1 aliphatic rings. The number of carbonyl (C=O) groups excluding carboxylic acids is 1. The topological polar surface area (TPSA) is 47.6 Å². The highest BCUT2D eigenvalue weighted by atomic mass is 16.5. The highest BCUT2D eigenvalue weighted by Crippen LogP contribution is 2.39. The summed E-state index contributed by atoms with van der Waals surface area (Å²) in [7, 11) is 0. The lowest BCUT2D eigenvalue weighted by molar-refractivity contribution is -0.128. The largest absolute Gasteiger partial charge is 0.487 e. The lowest BCUT2D eigenvalue weighted by Crippen LogP contribution is -2.44. The van der Waals surface area contributed by atoms with E-state index in [2.05, 4.69) is 11.4 Å². The Kier molecular flexibility index (Phi) is 4.94. The second kappa shape index (κ2) is 7.02. The van der Waals surface area contributed by atoms with Crippen molar-refractivity contribution < 1.29 is 14.3 Å². The molecule has 1 N–H and O–H groups in total. The van der Waals surface area contributed by atoms with Crippen molar-refractivity contribution in [3.05, 3.63) is 59.2 Å². The number of benzene rings is 2. The Morgan fingerprint density at radius 1 is 1.15 bits per heavy atom. The van der Waals surface area contributed by atoms with Gasteiger partial charge >= 0.3 is 0 Å². The molecule has 2 unspecified atom stereocenters. The summed E-state index contributed by atoms with van der Waals surface area (Å²) in [6.45, 7) is 9.92. The van der Waals surface area contributed by atoms with Gasteiger partial charge in [-0.05, 0) is 52.8 Å². The molecule has 1 heterocycles. The van der Waals surface area contributed by atoms with E-state index in [9.17, 15) is 4.79 Å². The van der Waals surface area contributed by atoms with E-state index < -0.39 is 6.10 Å². The van der Waals surface area contributed by atoms with Gasteiger partial charge in [0.25, 0.3) is 5.91 Å². The Morgan fingerprint density at radius 2 is 1.81 bits per heavy atom. The van der Waals surface area contributed by atoms with Crippen LogP contribution in [0.4, 0.5) is 0 Å². The number of hydrogen-bond donors (Lipinski definition) is 1. The fraction of sp³-hybridized carbons (Fsp3) is 0.409. The Morgan fingerprint density at radius 3 is 2.50 bits per heavy atom. The first kappa shape index (κ1) is 18.3. The minimum atomic E-state index is -0.572. The predicted octanol–water partition coefficient (Wildman–Crippen LogP) is 4.49. The number of hydrogen-bond acceptors (Lipinski definition) is 3. The number of nitrogens with one attached hydrogen (secondary N) is 1. The molecule has 3 rings (SSSR count). The molecule has 0 fully saturated rings. The molecule has 26 heavy (non-hydrogen) atoms. The molecular formula is C22H27NO3. The second-order valence-electron chi connectivity index (χ2n) is 7.74. The molecule has 4 heteroatoms. The number of fused-ring (bicyclic) bond motifs is 1. The first-order valence-electron chi connectivity index (χ1n) is 9.07. The van der Waals surface area contributed by atoms with Crippen molar-refractivity contribution in [2.24, 2.45) is 0 Å². The summed E-state index contributed by atoms with van der Waals surface area (Å²) in [5.41, 5.74) is 3.00. The highest BCUT2D eigenvalue weighted by molar-refractivity contribution is 5.81. The standard InChI is InChI=1S/C22H27NO3/c1-14-6-9-17(10-7-14)25-16(3)21(24)23-19-13-22(4,5)26-20-11-8-15(2)12-18(19)20/h6-12,16,19H,13H2,1-5H3,(H,23,24). The van der Waals surface area contributed by atoms with Crippen LogP contribution in [0.3, 0.4) is 0 Å². The molecule has 2 aromatic rings. The van der Waals surface area contributed by atoms with Gasteiger partial charge in [0, 0.05) is 12.0 Å². The molecule has 0 aliphatic carbocycles. The van der Waals surface area contributed by atoms with Gasteiger partial charge in [0.05, 0.1) is 6.04 Å². The van der Waals surface area contributed by atoms with E-state index in [1.165, 1.54) is 0 Å². The zero-order valence-electron chi connectivity index (χ0n) is 16.1. The number of carbonyl (C=O) groups is 1. The van der Waals surface area contributed by atoms with E-state index in [0.717, 1.165) is 22.4 Å². The molecule has 0 bridgehead atoms. The van der Waals surface area contributed by atoms with Gasteiger partial charge in [0.2, 0.25) is 0 Å². The zero-order valence-corrected chi connectivity index (χ0v) is 16.1. The molecule has 2 atom stereocenters. The highest BCUT2D eigenvalue weighted by Gasteiger charge is 2.35. The van der Waals surface area contributed by atoms with Crippen LogP contribution in [0.15, 0.2) is 42.5 Å². The maximum atomic E-state index is 12.7. The lowest BCUT2D eigenvalue weighted by atomic mass is 9.89. The van der Waals surface area contributed by atoms with Crippen LogP contribution >= 0.6 is 0 Å². The summed E-state index contributed by atoms with van der Waals surface area (Å²) in [5, 5.41) is 3.15. The quantitative estimate of drug-likeness (QED) is 0.881. The third-order valence-electron chi connectivity index (χ3n) is 4.64. The Balaban J connectivity index is 1.74. The lowest BCUT2D eigenvalue weighted by Gasteiger charge is -2.38. The van der Waals surface area contributed by atoms with E-state index in [0.29, 0.717) is 12.2 Å². The van der Waals surface area contributed by atoms with E-state index in [4.69, 9.17) is 9.47 Å². The van der Waals surface area contributed by atoms with Crippen LogP contribution in [0.1, 0.15) is 49.9 Å². The molecule has 1 amide bonds. The van der Waals surface area contributed by atoms with E-state index in [1.807, 2.05) is 64.1 Å². The summed E-state index contributed by atoms with van der Waals surface area (Å²) < 4.78 is 11.9. The van der Waals surface area contributed by atoms with Crippen LogP contribution in [0.25, 0.3) is 0 Å². The first-order valence-corrected chi connectivity index (χ1v) is 9.07. The molecule has 0 spiro atoms. The number of rotatable bonds is 4. The maximum Gasteiger partial charge on any atom is 0.261 e. The molecule has 138 valence electrons. The third kappa shape index (κ3) is 4.18. The van der Waals surface area contributed by atoms with Gasteiger partial charge in [-0.25, -0.2) is 0 Å². The van der Waals surface area contributed by atoms with Crippen LogP contribution in [-0.4, -0.2) is 17.6 Å². The zero-order chi connectivity index (χ0) is 18.9. The molecule has 0 aromatic heterocycles. The van der Waals surface area contributed by atoms with Crippen molar-refractivity contribution in [2.45, 2.75) is 58.8 Å². The molecule has 4 nitrogen and oxygen atoms in total. The van der Waals surface area contributed by atoms with Crippen LogP contribution in [0, 0.1) is 13.8 Å². The smallest absolute Gasteiger partial charge is 0.261 e. The maximum absolute atomic E-state index is 12.7. The van der Waals surface area contributed by atoms with Gasteiger partial charge in [-0.15, -0.1) is 0 Å². The Bertz CT molecular complexity index is 796. The van der Waals surface area contributed by atoms with Crippen LogP contribution in [0.5, 0.6) is 11.5 Å². The number of amides is 1. The van der Waals surface area contributed by atoms with Crippen LogP contribution in [-0.2, 0) is 4.79 Å². The van der Waals surface area contributed by atoms with Crippen molar-refractivity contribution in [2.75, 3.05) is 0 Å². The van der Waals surface area contributed by atoms with Gasteiger partial charge < -0.3 is 14.8 Å². The van der Waals surface area contributed by atoms with Crippen molar-refractivity contribution in [1.29, 1.82) is 0 Å². The SMILES string of the molecule is Cc1ccc(OC(C)C(=O)NC2CC(C)(C)Oc3ccc(C)cc32)cc1. The monoisotopic (exact) mass is 353 g/mol. The number of ether oxygens (including phenoxy) is 2. The van der Waals surface area contributed by atoms with Crippen molar-refractivity contribution >= 4 is 5.91 Å². The summed E-state index contributed by atoms with van der Waals surface area (Å²) >= 11 is 0. The fourth-order valence-electron chi connectivity index (χ4n) is 3.27. The molecule has 0 saturated heterocycles. The average Bonchev–Trinajstić information content (AvgIpc) is 2.57. The van der Waals surface area contributed by atoms with Crippen molar-refractivity contribution in [1.82, 2.24) is 5.32 Å². The van der Waals surface area contributed by atoms with Crippen molar-refractivity contribution in [3.63, 3.8) is 0 Å². The van der Waals surface area contributed by atoms with E-state index in [1.54, 1.807) is 6.92 Å². The van der Waals surface area contributed by atoms with E-state index >= 15 is 0 Å². The molecule has 2 aromatic carbocycles. The molecule has 1 aliphatic heterocycles. The van der Waals surface area contributed by atoms with Gasteiger partial charge in [-0.2, -0.15) is 0 Å². The normalized spacial score (nSPS) is 19.0. The summed E-state index contributed by atoms with van der Waals surface area (Å²) in [6.07, 6.45) is 0.142. The van der Waals surface area contributed by atoms with Crippen LogP contribution in [0.2, 0.25) is 0 Å². The molecule has 0 saturated carbocycles. The Hall–Kier alpha value is -2.49. The van der Waals surface area contributed by atoms with Crippen LogP contribution < -0.4 is 14.8 Å². The molecular weight excluding hydrogens is 326 g/mol. The van der Waals surface area contributed by atoms with Gasteiger partial charge in [-0.1, -0.05) is 35.4 Å². The van der Waals surface area contributed by atoms with Gasteiger partial charge in [0.1, 0.15) is 17.1 Å². The van der Waals surface area contributed by atoms with Gasteiger partial charge in [0.15, 0.2) is 6.10 Å². The first-order chi connectivity index (χ1) is 12.2. The third-order valence-corrected chi connectivity index (χ3v) is 4.64.